The summed E-state index contributed by atoms with van der Waals surface area (Å²) >= 11 is 4.66. The quantitative estimate of drug-likeness (QED) is 0.537. The molecule has 0 aromatic carbocycles. The molecule has 2 heteroatoms. The molecule has 2 bridgehead atoms. The molecule has 1 nitrogen and oxygen atoms in total. The van der Waals surface area contributed by atoms with E-state index >= 15 is 0 Å². The van der Waals surface area contributed by atoms with E-state index < -0.39 is 0 Å². The second-order valence-electron chi connectivity index (χ2n) is 4.92. The minimum atomic E-state index is 0.660. The molecule has 0 aromatic heterocycles. The van der Waals surface area contributed by atoms with Gasteiger partial charge in [0.1, 0.15) is 0 Å². The van der Waals surface area contributed by atoms with E-state index in [1.807, 2.05) is 0 Å². The van der Waals surface area contributed by atoms with Crippen LogP contribution in [0.3, 0.4) is 0 Å². The molecule has 4 rings (SSSR count). The summed E-state index contributed by atoms with van der Waals surface area (Å²) < 4.78 is 2.44. The van der Waals surface area contributed by atoms with Crippen molar-refractivity contribution in [1.29, 1.82) is 0 Å². The van der Waals surface area contributed by atoms with Crippen LogP contribution in [-0.4, -0.2) is 15.9 Å². The molecule has 0 aromatic rings. The van der Waals surface area contributed by atoms with Gasteiger partial charge in [-0.2, -0.15) is 0 Å². The molecule has 4 fully saturated rings. The number of fused-ring (bicyclic) bond motifs is 1. The van der Waals surface area contributed by atoms with Crippen molar-refractivity contribution in [2.24, 2.45) is 17.8 Å². The van der Waals surface area contributed by atoms with Crippen LogP contribution in [0.1, 0.15) is 25.7 Å². The van der Waals surface area contributed by atoms with Crippen molar-refractivity contribution in [2.45, 2.75) is 37.3 Å². The maximum Gasteiger partial charge on any atom is 0.0400 e. The van der Waals surface area contributed by atoms with Crippen LogP contribution in [0.5, 0.6) is 0 Å². The van der Waals surface area contributed by atoms with E-state index in [0.29, 0.717) is 5.54 Å². The fraction of sp³-hybridized carbons (Fsp3) is 1.00. The Bertz CT molecular complexity index is 224. The topological polar surface area (TPSA) is 3.24 Å². The highest BCUT2D eigenvalue weighted by molar-refractivity contribution is 7.77. The first-order valence-electron chi connectivity index (χ1n) is 4.81. The van der Waals surface area contributed by atoms with Crippen molar-refractivity contribution < 1.29 is 0 Å². The maximum absolute atomic E-state index is 4.66. The first-order chi connectivity index (χ1) is 5.33. The summed E-state index contributed by atoms with van der Waals surface area (Å²) in [7, 11) is 0. The van der Waals surface area contributed by atoms with Crippen LogP contribution >= 0.6 is 12.8 Å². The molecule has 2 aliphatic carbocycles. The molecule has 2 heterocycles. The van der Waals surface area contributed by atoms with Crippen molar-refractivity contribution in [3.8, 4) is 0 Å². The van der Waals surface area contributed by atoms with Crippen LogP contribution in [0.4, 0.5) is 0 Å². The lowest BCUT2D eigenvalue weighted by Gasteiger charge is -2.66. The Kier molecular flexibility index (Phi) is 0.745. The number of nitrogens with zero attached hydrogens (tertiary/aromatic N) is 1. The SMILES string of the molecule is SN1C2CC3CC4CC(C2)C341. The molecule has 60 valence electrons. The van der Waals surface area contributed by atoms with E-state index in [-0.39, 0.29) is 0 Å². The summed E-state index contributed by atoms with van der Waals surface area (Å²) in [5, 5.41) is 0. The summed E-state index contributed by atoms with van der Waals surface area (Å²) in [5.74, 6) is 3.17. The summed E-state index contributed by atoms with van der Waals surface area (Å²) in [6, 6.07) is 0.862. The average Bonchev–Trinajstić information content (AvgIpc) is 2.28. The first-order valence-corrected chi connectivity index (χ1v) is 5.21. The van der Waals surface area contributed by atoms with Gasteiger partial charge in [-0.25, -0.2) is 4.31 Å². The van der Waals surface area contributed by atoms with Gasteiger partial charge in [0, 0.05) is 11.6 Å². The van der Waals surface area contributed by atoms with Crippen LogP contribution in [0.15, 0.2) is 0 Å². The molecule has 2 aliphatic heterocycles. The molecular formula is C9H13NS. The van der Waals surface area contributed by atoms with Gasteiger partial charge >= 0.3 is 0 Å². The van der Waals surface area contributed by atoms with E-state index in [2.05, 4.69) is 17.1 Å². The van der Waals surface area contributed by atoms with Gasteiger partial charge in [0.25, 0.3) is 0 Å². The van der Waals surface area contributed by atoms with Crippen LogP contribution < -0.4 is 0 Å². The molecule has 11 heavy (non-hydrogen) atoms. The molecule has 2 saturated heterocycles. The lowest BCUT2D eigenvalue weighted by Crippen LogP contribution is -2.69. The van der Waals surface area contributed by atoms with E-state index in [4.69, 9.17) is 0 Å². The standard InChI is InChI=1S/C9H13NS/c11-10-8-3-6-1-5-2-7(4-8)9(5,6)10/h5-8,11H,1-4H2. The van der Waals surface area contributed by atoms with Crippen molar-refractivity contribution >= 4 is 12.8 Å². The van der Waals surface area contributed by atoms with Gasteiger partial charge in [0.2, 0.25) is 0 Å². The van der Waals surface area contributed by atoms with E-state index in [0.717, 1.165) is 23.8 Å². The Morgan fingerprint density at radius 3 is 1.91 bits per heavy atom. The van der Waals surface area contributed by atoms with E-state index in [1.54, 1.807) is 0 Å². The zero-order chi connectivity index (χ0) is 7.22. The molecule has 4 aliphatic rings. The highest BCUT2D eigenvalue weighted by Gasteiger charge is 2.76. The second kappa shape index (κ2) is 1.39. The highest BCUT2D eigenvalue weighted by atomic mass is 32.1. The number of hydrogen-bond acceptors (Lipinski definition) is 2. The lowest BCUT2D eigenvalue weighted by molar-refractivity contribution is -0.134. The van der Waals surface area contributed by atoms with Gasteiger partial charge in [-0.15, -0.1) is 0 Å². The smallest absolute Gasteiger partial charge is 0.0400 e. The summed E-state index contributed by atoms with van der Waals surface area (Å²) in [6.07, 6.45) is 6.00. The Hall–Kier alpha value is 0.310. The first kappa shape index (κ1) is 5.87. The van der Waals surface area contributed by atoms with Crippen LogP contribution in [0.2, 0.25) is 0 Å². The van der Waals surface area contributed by atoms with E-state index in [1.165, 1.54) is 25.7 Å². The normalized spacial score (nSPS) is 70.6. The van der Waals surface area contributed by atoms with Gasteiger partial charge in [0.05, 0.1) is 0 Å². The maximum atomic E-state index is 4.66. The monoisotopic (exact) mass is 167 g/mol. The molecule has 0 N–H and O–H groups in total. The van der Waals surface area contributed by atoms with Crippen LogP contribution in [-0.2, 0) is 0 Å². The Balaban J connectivity index is 1.91. The molecular weight excluding hydrogens is 154 g/mol. The predicted octanol–water partition coefficient (Wildman–Crippen LogP) is 1.70. The minimum absolute atomic E-state index is 0.660. The van der Waals surface area contributed by atoms with Crippen molar-refractivity contribution in [3.05, 3.63) is 0 Å². The minimum Gasteiger partial charge on any atom is -0.243 e. The van der Waals surface area contributed by atoms with Gasteiger partial charge in [-0.3, -0.25) is 0 Å². The molecule has 2 unspecified atom stereocenters. The summed E-state index contributed by atoms with van der Waals surface area (Å²) in [6.45, 7) is 0. The van der Waals surface area contributed by atoms with Gasteiger partial charge in [-0.1, -0.05) is 12.8 Å². The largest absolute Gasteiger partial charge is 0.243 e. The zero-order valence-electron chi connectivity index (χ0n) is 6.53. The Labute approximate surface area is 72.7 Å². The molecule has 2 atom stereocenters. The van der Waals surface area contributed by atoms with Gasteiger partial charge in [0.15, 0.2) is 0 Å². The second-order valence-corrected chi connectivity index (χ2v) is 5.35. The number of thiol groups is 1. The van der Waals surface area contributed by atoms with Crippen molar-refractivity contribution in [2.75, 3.05) is 0 Å². The van der Waals surface area contributed by atoms with Gasteiger partial charge in [-0.05, 0) is 43.4 Å². The lowest BCUT2D eigenvalue weighted by atomic mass is 9.41. The summed E-state index contributed by atoms with van der Waals surface area (Å²) in [4.78, 5) is 0. The molecule has 1 spiro atoms. The molecule has 2 saturated carbocycles. The molecule has 0 radical (unpaired) electrons. The third-order valence-electron chi connectivity index (χ3n) is 4.96. The predicted molar refractivity (Wildman–Crippen MR) is 46.3 cm³/mol. The number of hydrogen-bond donors (Lipinski definition) is 1. The fourth-order valence-corrected chi connectivity index (χ4v) is 5.30. The Morgan fingerprint density at radius 1 is 1.00 bits per heavy atom. The van der Waals surface area contributed by atoms with Crippen LogP contribution in [0.25, 0.3) is 0 Å². The van der Waals surface area contributed by atoms with Crippen LogP contribution in [0, 0.1) is 17.8 Å². The van der Waals surface area contributed by atoms with Crippen molar-refractivity contribution in [3.63, 3.8) is 0 Å². The van der Waals surface area contributed by atoms with E-state index in [9.17, 15) is 0 Å². The Morgan fingerprint density at radius 2 is 1.55 bits per heavy atom. The average molecular weight is 167 g/mol. The third-order valence-corrected chi connectivity index (χ3v) is 5.63. The third kappa shape index (κ3) is 0.363. The highest BCUT2D eigenvalue weighted by Crippen LogP contribution is 2.75. The molecule has 0 amide bonds. The van der Waals surface area contributed by atoms with Crippen molar-refractivity contribution in [1.82, 2.24) is 4.31 Å². The number of rotatable bonds is 0. The summed E-state index contributed by atoms with van der Waals surface area (Å²) in [5.41, 5.74) is 0.660. The fourth-order valence-electron chi connectivity index (χ4n) is 4.62. The van der Waals surface area contributed by atoms with Gasteiger partial charge < -0.3 is 0 Å². The zero-order valence-corrected chi connectivity index (χ0v) is 7.43.